The zero-order valence-corrected chi connectivity index (χ0v) is 20.7. The van der Waals surface area contributed by atoms with Crippen molar-refractivity contribution in [2.45, 2.75) is 52.2 Å². The molecule has 1 unspecified atom stereocenters. The molecule has 35 heavy (non-hydrogen) atoms. The van der Waals surface area contributed by atoms with Crippen LogP contribution < -0.4 is 4.90 Å². The van der Waals surface area contributed by atoms with Gasteiger partial charge in [-0.3, -0.25) is 4.98 Å². The second-order valence-corrected chi connectivity index (χ2v) is 9.58. The lowest BCUT2D eigenvalue weighted by atomic mass is 9.78. The summed E-state index contributed by atoms with van der Waals surface area (Å²) in [6, 6.07) is 18.8. The van der Waals surface area contributed by atoms with Crippen LogP contribution >= 0.6 is 0 Å². The van der Waals surface area contributed by atoms with Crippen molar-refractivity contribution in [3.8, 4) is 0 Å². The van der Waals surface area contributed by atoms with Crippen molar-refractivity contribution in [3.05, 3.63) is 94.4 Å². The number of carbonyl (C=O) groups is 1. The number of cyclic esters (lactones) is 1. The molecule has 1 fully saturated rings. The van der Waals surface area contributed by atoms with Crippen molar-refractivity contribution in [1.82, 2.24) is 9.55 Å². The maximum atomic E-state index is 13.3. The third-order valence-electron chi connectivity index (χ3n) is 7.83. The molecule has 5 nitrogen and oxygen atoms in total. The Kier molecular flexibility index (Phi) is 5.17. The lowest BCUT2D eigenvalue weighted by Crippen LogP contribution is -2.33. The molecule has 178 valence electrons. The standard InChI is InChI=1S/C30H31N3O2/c1-4-21-19-22(32-17-8-9-18-32)14-15-25(21)30(28-24(29(34)35-30)12-10-16-31-28)27-20(3)33(5-2)26-13-7-6-11-23(26)27/h6-7,10-16,19H,4-5,8-9,17-18H2,1-3H3. The highest BCUT2D eigenvalue weighted by atomic mass is 16.6. The van der Waals surface area contributed by atoms with Crippen molar-refractivity contribution in [3.63, 3.8) is 0 Å². The van der Waals surface area contributed by atoms with E-state index in [9.17, 15) is 4.79 Å². The van der Waals surface area contributed by atoms with Crippen molar-refractivity contribution >= 4 is 22.6 Å². The minimum Gasteiger partial charge on any atom is -0.439 e. The lowest BCUT2D eigenvalue weighted by Gasteiger charge is -2.32. The van der Waals surface area contributed by atoms with Crippen molar-refractivity contribution in [2.75, 3.05) is 18.0 Å². The quantitative estimate of drug-likeness (QED) is 0.340. The van der Waals surface area contributed by atoms with Gasteiger partial charge in [0.1, 0.15) is 5.69 Å². The Morgan fingerprint density at radius 3 is 2.60 bits per heavy atom. The molecule has 4 aromatic rings. The normalized spacial score (nSPS) is 19.4. The fourth-order valence-corrected chi connectivity index (χ4v) is 6.25. The first-order valence-corrected chi connectivity index (χ1v) is 12.8. The highest BCUT2D eigenvalue weighted by molar-refractivity contribution is 5.98. The van der Waals surface area contributed by atoms with Gasteiger partial charge in [0.2, 0.25) is 5.60 Å². The van der Waals surface area contributed by atoms with E-state index < -0.39 is 5.60 Å². The van der Waals surface area contributed by atoms with Crippen LogP contribution in [0, 0.1) is 6.92 Å². The Labute approximate surface area is 206 Å². The third-order valence-corrected chi connectivity index (χ3v) is 7.83. The average Bonchev–Trinajstić information content (AvgIpc) is 3.60. The number of anilines is 1. The largest absolute Gasteiger partial charge is 0.439 e. The van der Waals surface area contributed by atoms with E-state index in [-0.39, 0.29) is 5.97 Å². The van der Waals surface area contributed by atoms with E-state index in [2.05, 4.69) is 72.7 Å². The Morgan fingerprint density at radius 2 is 1.83 bits per heavy atom. The van der Waals surface area contributed by atoms with Gasteiger partial charge in [-0.2, -0.15) is 0 Å². The van der Waals surface area contributed by atoms with Crippen LogP contribution in [0.4, 0.5) is 5.69 Å². The van der Waals surface area contributed by atoms with E-state index in [1.807, 2.05) is 12.1 Å². The van der Waals surface area contributed by atoms with Crippen LogP contribution in [0.5, 0.6) is 0 Å². The number of pyridine rings is 1. The van der Waals surface area contributed by atoms with Gasteiger partial charge in [0, 0.05) is 59.2 Å². The molecule has 0 saturated carbocycles. The number of esters is 1. The summed E-state index contributed by atoms with van der Waals surface area (Å²) in [7, 11) is 0. The van der Waals surface area contributed by atoms with Gasteiger partial charge in [0.15, 0.2) is 0 Å². The minimum absolute atomic E-state index is 0.313. The maximum Gasteiger partial charge on any atom is 0.341 e. The molecule has 0 spiro atoms. The summed E-state index contributed by atoms with van der Waals surface area (Å²) in [6.45, 7) is 9.50. The number of hydrogen-bond acceptors (Lipinski definition) is 4. The van der Waals surface area contributed by atoms with E-state index in [0.717, 1.165) is 53.8 Å². The molecular weight excluding hydrogens is 434 g/mol. The molecule has 2 aliphatic heterocycles. The van der Waals surface area contributed by atoms with E-state index in [1.165, 1.54) is 24.1 Å². The topological polar surface area (TPSA) is 47.4 Å². The first-order valence-electron chi connectivity index (χ1n) is 12.8. The molecule has 1 atom stereocenters. The zero-order valence-electron chi connectivity index (χ0n) is 20.7. The second kappa shape index (κ2) is 8.26. The molecular formula is C30H31N3O2. The molecule has 0 amide bonds. The molecule has 4 heterocycles. The Morgan fingerprint density at radius 1 is 1.03 bits per heavy atom. The van der Waals surface area contributed by atoms with E-state index >= 15 is 0 Å². The number of benzene rings is 2. The number of nitrogens with zero attached hydrogens (tertiary/aromatic N) is 3. The first-order chi connectivity index (χ1) is 17.1. The highest BCUT2D eigenvalue weighted by Gasteiger charge is 2.53. The number of carbonyl (C=O) groups excluding carboxylic acids is 1. The fourth-order valence-electron chi connectivity index (χ4n) is 6.25. The molecule has 0 N–H and O–H groups in total. The average molecular weight is 466 g/mol. The van der Waals surface area contributed by atoms with Crippen LogP contribution in [0.15, 0.2) is 60.8 Å². The van der Waals surface area contributed by atoms with Gasteiger partial charge in [0.05, 0.1) is 5.56 Å². The number of aromatic nitrogens is 2. The number of ether oxygens (including phenoxy) is 1. The van der Waals surface area contributed by atoms with Crippen molar-refractivity contribution < 1.29 is 9.53 Å². The van der Waals surface area contributed by atoms with E-state index in [4.69, 9.17) is 9.72 Å². The van der Waals surface area contributed by atoms with E-state index in [0.29, 0.717) is 11.3 Å². The predicted octanol–water partition coefficient (Wildman–Crippen LogP) is 5.99. The lowest BCUT2D eigenvalue weighted by molar-refractivity contribution is 0.0243. The molecule has 0 aliphatic carbocycles. The van der Waals surface area contributed by atoms with Gasteiger partial charge < -0.3 is 14.2 Å². The zero-order chi connectivity index (χ0) is 24.2. The van der Waals surface area contributed by atoms with Gasteiger partial charge in [0.25, 0.3) is 0 Å². The summed E-state index contributed by atoms with van der Waals surface area (Å²) in [4.78, 5) is 20.6. The van der Waals surface area contributed by atoms with Gasteiger partial charge in [-0.25, -0.2) is 4.79 Å². The third kappa shape index (κ3) is 3.07. The number of hydrogen-bond donors (Lipinski definition) is 0. The van der Waals surface area contributed by atoms with Gasteiger partial charge >= 0.3 is 5.97 Å². The summed E-state index contributed by atoms with van der Waals surface area (Å²) in [5.41, 5.74) is 6.86. The predicted molar refractivity (Wildman–Crippen MR) is 139 cm³/mol. The number of fused-ring (bicyclic) bond motifs is 2. The Balaban J connectivity index is 1.70. The summed E-state index contributed by atoms with van der Waals surface area (Å²) >= 11 is 0. The highest BCUT2D eigenvalue weighted by Crippen LogP contribution is 2.51. The second-order valence-electron chi connectivity index (χ2n) is 9.58. The van der Waals surface area contributed by atoms with Gasteiger partial charge in [-0.15, -0.1) is 0 Å². The molecule has 2 aliphatic rings. The smallest absolute Gasteiger partial charge is 0.341 e. The van der Waals surface area contributed by atoms with Crippen molar-refractivity contribution in [2.24, 2.45) is 0 Å². The van der Waals surface area contributed by atoms with Gasteiger partial charge in [-0.1, -0.05) is 31.2 Å². The summed E-state index contributed by atoms with van der Waals surface area (Å²) in [6.07, 6.45) is 5.08. The fraction of sp³-hybridized carbons (Fsp3) is 0.333. The Hall–Kier alpha value is -3.60. The van der Waals surface area contributed by atoms with Crippen LogP contribution in [0.1, 0.15) is 65.1 Å². The number of rotatable bonds is 5. The summed E-state index contributed by atoms with van der Waals surface area (Å²) in [5, 5.41) is 1.10. The molecule has 0 bridgehead atoms. The van der Waals surface area contributed by atoms with Crippen LogP contribution in [0.2, 0.25) is 0 Å². The maximum absolute atomic E-state index is 13.3. The molecule has 2 aromatic carbocycles. The SMILES string of the molecule is CCc1cc(N2CCCC2)ccc1C1(c2c(C)n(CC)c3ccccc23)OC(=O)c2cccnc21. The monoisotopic (exact) mass is 465 g/mol. The van der Waals surface area contributed by atoms with E-state index in [1.54, 1.807) is 6.20 Å². The van der Waals surface area contributed by atoms with Crippen LogP contribution in [-0.2, 0) is 23.3 Å². The Bertz CT molecular complexity index is 1450. The first kappa shape index (κ1) is 21.9. The molecule has 6 rings (SSSR count). The van der Waals surface area contributed by atoms with Crippen LogP contribution in [-0.4, -0.2) is 28.6 Å². The number of para-hydroxylation sites is 1. The van der Waals surface area contributed by atoms with Crippen LogP contribution in [0.25, 0.3) is 10.9 Å². The molecule has 1 saturated heterocycles. The summed E-state index contributed by atoms with van der Waals surface area (Å²) in [5.74, 6) is -0.313. The van der Waals surface area contributed by atoms with Crippen LogP contribution in [0.3, 0.4) is 0 Å². The summed E-state index contributed by atoms with van der Waals surface area (Å²) < 4.78 is 8.83. The molecule has 5 heteroatoms. The van der Waals surface area contributed by atoms with Gasteiger partial charge in [-0.05, 0) is 69.0 Å². The number of aryl methyl sites for hydroxylation is 2. The van der Waals surface area contributed by atoms with Crippen molar-refractivity contribution in [1.29, 1.82) is 0 Å². The molecule has 2 aromatic heterocycles. The molecule has 0 radical (unpaired) electrons. The minimum atomic E-state index is -1.09.